The van der Waals surface area contributed by atoms with Crippen LogP contribution >= 0.6 is 0 Å². The summed E-state index contributed by atoms with van der Waals surface area (Å²) in [5.74, 6) is 3.06. The molecule has 0 spiro atoms. The molecule has 4 aromatic carbocycles. The third-order valence-electron chi connectivity index (χ3n) is 10.1. The topological polar surface area (TPSA) is 90.9 Å². The summed E-state index contributed by atoms with van der Waals surface area (Å²) in [7, 11) is 6.67. The van der Waals surface area contributed by atoms with Gasteiger partial charge in [-0.1, -0.05) is 72.8 Å². The summed E-state index contributed by atoms with van der Waals surface area (Å²) in [5, 5.41) is 0. The number of rotatable bonds is 8. The van der Waals surface area contributed by atoms with Gasteiger partial charge < -0.3 is 28.9 Å². The maximum Gasteiger partial charge on any atom is 0.118 e. The Morgan fingerprint density at radius 2 is 0.526 bits per heavy atom. The maximum absolute atomic E-state index is 5.52. The molecule has 3 aromatic heterocycles. The smallest absolute Gasteiger partial charge is 0.118 e. The van der Waals surface area contributed by atoms with Gasteiger partial charge >= 0.3 is 0 Å². The Morgan fingerprint density at radius 1 is 0.316 bits per heavy atom. The first-order valence-corrected chi connectivity index (χ1v) is 18.2. The fourth-order valence-electron chi connectivity index (χ4n) is 7.30. The van der Waals surface area contributed by atoms with Crippen LogP contribution in [0.3, 0.4) is 0 Å². The third kappa shape index (κ3) is 7.06. The standard InChI is InChI=1S/C48H36N4O4.Ag/c1-53-33-13-5-29(6-14-33)45-37-21-23-39(49-37)46(30-7-15-34(54-2)16-8-30)41-25-27-43(51-41)48(32-11-19-36(56-4)20-12-32)44-28-26-42(52-44)47(40-24-22-38(45)50-40)31-9-17-35(55-3)18-10-31;/h5-28H,1-4H3;/q-2;. The summed E-state index contributed by atoms with van der Waals surface area (Å²) in [6.45, 7) is 0. The zero-order chi connectivity index (χ0) is 38.2. The van der Waals surface area contributed by atoms with E-state index in [1.165, 1.54) is 0 Å². The zero-order valence-corrected chi connectivity index (χ0v) is 33.1. The second-order valence-electron chi connectivity index (χ2n) is 13.3. The van der Waals surface area contributed by atoms with E-state index in [2.05, 4.69) is 48.6 Å². The molecule has 8 bridgehead atoms. The predicted molar refractivity (Wildman–Crippen MR) is 225 cm³/mol. The quantitative estimate of drug-likeness (QED) is 0.140. The molecule has 1 radical (unpaired) electrons. The number of nitrogens with zero attached hydrogens (tertiary/aromatic N) is 4. The second kappa shape index (κ2) is 15.9. The van der Waals surface area contributed by atoms with Gasteiger partial charge in [0.05, 0.1) is 51.2 Å². The van der Waals surface area contributed by atoms with Crippen LogP contribution in [-0.2, 0) is 22.4 Å². The number of benzene rings is 4. The molecule has 2 aliphatic rings. The van der Waals surface area contributed by atoms with Crippen LogP contribution in [0.5, 0.6) is 23.0 Å². The van der Waals surface area contributed by atoms with Gasteiger partial charge in [-0.2, -0.15) is 0 Å². The molecule has 0 saturated heterocycles. The van der Waals surface area contributed by atoms with Crippen molar-refractivity contribution in [1.82, 2.24) is 19.9 Å². The largest absolute Gasteiger partial charge is 0.657 e. The van der Waals surface area contributed by atoms with Gasteiger partial charge in [0.1, 0.15) is 23.0 Å². The molecule has 2 aliphatic heterocycles. The number of methoxy groups -OCH3 is 4. The average Bonchev–Trinajstić information content (AvgIpc) is 4.10. The molecular weight excluding hydrogens is 804 g/mol. The first kappa shape index (κ1) is 37.3. The Bertz CT molecular complexity index is 2440. The Balaban J connectivity index is 0.00000455. The van der Waals surface area contributed by atoms with Gasteiger partial charge in [-0.05, 0) is 117 Å². The molecular formula is C48H36AgN4O4-2. The first-order valence-electron chi connectivity index (χ1n) is 18.2. The van der Waals surface area contributed by atoms with Crippen LogP contribution in [0.4, 0.5) is 0 Å². The van der Waals surface area contributed by atoms with E-state index in [0.717, 1.165) is 112 Å². The maximum atomic E-state index is 5.52. The summed E-state index contributed by atoms with van der Waals surface area (Å²) in [5.41, 5.74) is 13.7. The Kier molecular flexibility index (Phi) is 10.4. The number of aromatic nitrogens is 4. The summed E-state index contributed by atoms with van der Waals surface area (Å²) in [6, 6.07) is 40.3. The molecule has 285 valence electrons. The Hall–Kier alpha value is -6.58. The molecule has 9 rings (SSSR count). The van der Waals surface area contributed by atoms with E-state index >= 15 is 0 Å². The molecule has 9 heteroatoms. The van der Waals surface area contributed by atoms with Gasteiger partial charge in [-0.25, -0.2) is 9.97 Å². The van der Waals surface area contributed by atoms with E-state index in [4.69, 9.17) is 38.9 Å². The average molecular weight is 841 g/mol. The molecule has 0 unspecified atom stereocenters. The van der Waals surface area contributed by atoms with Crippen molar-refractivity contribution in [1.29, 1.82) is 0 Å². The fraction of sp³-hybridized carbons (Fsp3) is 0.0833. The SMILES string of the molecule is COc1ccc(-c2c3nc(c(-c4ccc(OC)cc4)c4ccc([n-]4)c(-c4ccc(OC)cc4)c4nc(c(-c5ccc(OC)cc5)c5ccc2[n-]5)C=C4)C=C3)cc1.[Ag]. The molecule has 0 N–H and O–H groups in total. The minimum atomic E-state index is 0. The number of fused-ring (bicyclic) bond motifs is 8. The second-order valence-corrected chi connectivity index (χ2v) is 13.3. The van der Waals surface area contributed by atoms with Crippen LogP contribution in [0, 0.1) is 0 Å². The van der Waals surface area contributed by atoms with Crippen LogP contribution in [0.2, 0.25) is 0 Å². The van der Waals surface area contributed by atoms with Crippen LogP contribution in [0.15, 0.2) is 121 Å². The van der Waals surface area contributed by atoms with Crippen LogP contribution in [0.25, 0.3) is 90.9 Å². The molecule has 0 aliphatic carbocycles. The van der Waals surface area contributed by atoms with E-state index in [0.29, 0.717) is 0 Å². The first-order chi connectivity index (χ1) is 27.5. The van der Waals surface area contributed by atoms with Gasteiger partial charge in [0.2, 0.25) is 0 Å². The van der Waals surface area contributed by atoms with E-state index in [1.807, 2.05) is 97.1 Å². The van der Waals surface area contributed by atoms with Crippen molar-refractivity contribution in [2.75, 3.05) is 28.4 Å². The van der Waals surface area contributed by atoms with E-state index in [9.17, 15) is 0 Å². The van der Waals surface area contributed by atoms with Crippen molar-refractivity contribution in [2.45, 2.75) is 0 Å². The molecule has 0 amide bonds. The Morgan fingerprint density at radius 3 is 0.719 bits per heavy atom. The number of hydrogen-bond acceptors (Lipinski definition) is 6. The van der Waals surface area contributed by atoms with Crippen molar-refractivity contribution < 1.29 is 41.3 Å². The monoisotopic (exact) mass is 839 g/mol. The van der Waals surface area contributed by atoms with Crippen molar-refractivity contribution >= 4 is 46.4 Å². The molecule has 57 heavy (non-hydrogen) atoms. The minimum Gasteiger partial charge on any atom is -0.657 e. The van der Waals surface area contributed by atoms with E-state index in [-0.39, 0.29) is 22.4 Å². The van der Waals surface area contributed by atoms with Gasteiger partial charge in [0.15, 0.2) is 0 Å². The zero-order valence-electron chi connectivity index (χ0n) is 31.6. The van der Waals surface area contributed by atoms with Crippen molar-refractivity contribution in [3.63, 3.8) is 0 Å². The van der Waals surface area contributed by atoms with E-state index in [1.54, 1.807) is 28.4 Å². The van der Waals surface area contributed by atoms with Gasteiger partial charge in [0.25, 0.3) is 0 Å². The fourth-order valence-corrected chi connectivity index (χ4v) is 7.30. The van der Waals surface area contributed by atoms with Gasteiger partial charge in [0, 0.05) is 22.4 Å². The molecule has 0 fully saturated rings. The molecule has 7 aromatic rings. The van der Waals surface area contributed by atoms with Crippen LogP contribution < -0.4 is 28.9 Å². The Labute approximate surface area is 346 Å². The van der Waals surface area contributed by atoms with Crippen molar-refractivity contribution in [3.05, 3.63) is 144 Å². The molecule has 5 heterocycles. The van der Waals surface area contributed by atoms with Crippen molar-refractivity contribution in [2.24, 2.45) is 0 Å². The third-order valence-corrected chi connectivity index (χ3v) is 10.1. The van der Waals surface area contributed by atoms with Crippen LogP contribution in [-0.4, -0.2) is 38.4 Å². The molecule has 8 nitrogen and oxygen atoms in total. The number of hydrogen-bond donors (Lipinski definition) is 0. The molecule has 0 saturated carbocycles. The summed E-state index contributed by atoms with van der Waals surface area (Å²) >= 11 is 0. The van der Waals surface area contributed by atoms with Crippen LogP contribution in [0.1, 0.15) is 22.8 Å². The van der Waals surface area contributed by atoms with E-state index < -0.39 is 0 Å². The summed E-state index contributed by atoms with van der Waals surface area (Å²) in [4.78, 5) is 21.4. The molecule has 0 atom stereocenters. The summed E-state index contributed by atoms with van der Waals surface area (Å²) < 4.78 is 22.1. The number of ether oxygens (including phenoxy) is 4. The van der Waals surface area contributed by atoms with Gasteiger partial charge in [-0.3, -0.25) is 0 Å². The predicted octanol–water partition coefficient (Wildman–Crippen LogP) is 10.6. The minimum absolute atomic E-state index is 0. The van der Waals surface area contributed by atoms with Gasteiger partial charge in [-0.15, -0.1) is 22.1 Å². The van der Waals surface area contributed by atoms with Crippen molar-refractivity contribution in [3.8, 4) is 67.5 Å². The normalized spacial score (nSPS) is 11.6. The summed E-state index contributed by atoms with van der Waals surface area (Å²) in [6.07, 6.45) is 8.23.